The van der Waals surface area contributed by atoms with E-state index >= 15 is 0 Å². The van der Waals surface area contributed by atoms with Gasteiger partial charge in [0.2, 0.25) is 5.91 Å². The van der Waals surface area contributed by atoms with Crippen LogP contribution in [-0.4, -0.2) is 31.7 Å². The largest absolute Gasteiger partial charge is 0.375 e. The van der Waals surface area contributed by atoms with Gasteiger partial charge in [0.05, 0.1) is 19.1 Å². The molecule has 1 unspecified atom stereocenters. The SMILES string of the molecule is O=C(CC1CNCCO1)NCc1ccccc1F. The van der Waals surface area contributed by atoms with E-state index in [-0.39, 0.29) is 24.4 Å². The Morgan fingerprint density at radius 2 is 2.33 bits per heavy atom. The summed E-state index contributed by atoms with van der Waals surface area (Å²) in [5, 5.41) is 5.86. The van der Waals surface area contributed by atoms with Crippen molar-refractivity contribution in [2.75, 3.05) is 19.7 Å². The Balaban J connectivity index is 1.76. The minimum Gasteiger partial charge on any atom is -0.375 e. The van der Waals surface area contributed by atoms with Gasteiger partial charge in [-0.15, -0.1) is 0 Å². The van der Waals surface area contributed by atoms with Crippen molar-refractivity contribution >= 4 is 5.91 Å². The van der Waals surface area contributed by atoms with Crippen LogP contribution in [-0.2, 0) is 16.1 Å². The van der Waals surface area contributed by atoms with Crippen LogP contribution in [0, 0.1) is 5.82 Å². The summed E-state index contributed by atoms with van der Waals surface area (Å²) in [6.45, 7) is 2.36. The molecule has 1 fully saturated rings. The Bertz CT molecular complexity index is 406. The summed E-state index contributed by atoms with van der Waals surface area (Å²) in [6.07, 6.45) is 0.223. The Hall–Kier alpha value is -1.46. The third-order valence-electron chi connectivity index (χ3n) is 2.85. The number of halogens is 1. The van der Waals surface area contributed by atoms with E-state index in [9.17, 15) is 9.18 Å². The molecule has 18 heavy (non-hydrogen) atoms. The molecule has 1 aliphatic rings. The molecule has 1 aromatic rings. The smallest absolute Gasteiger partial charge is 0.222 e. The van der Waals surface area contributed by atoms with Crippen LogP contribution >= 0.6 is 0 Å². The molecule has 5 heteroatoms. The number of amides is 1. The summed E-state index contributed by atoms with van der Waals surface area (Å²) < 4.78 is 18.7. The van der Waals surface area contributed by atoms with E-state index in [0.717, 1.165) is 6.54 Å². The number of carbonyl (C=O) groups excluding carboxylic acids is 1. The average Bonchev–Trinajstić information content (AvgIpc) is 2.39. The van der Waals surface area contributed by atoms with Gasteiger partial charge >= 0.3 is 0 Å². The van der Waals surface area contributed by atoms with E-state index in [1.807, 2.05) is 0 Å². The molecule has 1 aromatic carbocycles. The van der Waals surface area contributed by atoms with Crippen molar-refractivity contribution in [3.63, 3.8) is 0 Å². The van der Waals surface area contributed by atoms with Gasteiger partial charge in [0.1, 0.15) is 5.82 Å². The fourth-order valence-electron chi connectivity index (χ4n) is 1.87. The van der Waals surface area contributed by atoms with E-state index in [1.165, 1.54) is 6.07 Å². The second kappa shape index (κ2) is 6.47. The van der Waals surface area contributed by atoms with Crippen LogP contribution in [0.25, 0.3) is 0 Å². The van der Waals surface area contributed by atoms with Crippen molar-refractivity contribution in [3.05, 3.63) is 35.6 Å². The van der Waals surface area contributed by atoms with Crippen LogP contribution in [0.2, 0.25) is 0 Å². The van der Waals surface area contributed by atoms with E-state index < -0.39 is 0 Å². The first-order valence-electron chi connectivity index (χ1n) is 6.08. The predicted molar refractivity (Wildman–Crippen MR) is 65.5 cm³/mol. The maximum atomic E-state index is 13.3. The molecule has 0 bridgehead atoms. The fourth-order valence-corrected chi connectivity index (χ4v) is 1.87. The molecule has 4 nitrogen and oxygen atoms in total. The van der Waals surface area contributed by atoms with Crippen molar-refractivity contribution in [1.29, 1.82) is 0 Å². The quantitative estimate of drug-likeness (QED) is 0.834. The maximum Gasteiger partial charge on any atom is 0.222 e. The Kier molecular flexibility index (Phi) is 4.66. The van der Waals surface area contributed by atoms with Crippen LogP contribution in [0.4, 0.5) is 4.39 Å². The number of nitrogens with one attached hydrogen (secondary N) is 2. The summed E-state index contributed by atoms with van der Waals surface area (Å²) in [4.78, 5) is 11.7. The first-order chi connectivity index (χ1) is 8.75. The van der Waals surface area contributed by atoms with Gasteiger partial charge in [-0.05, 0) is 6.07 Å². The molecular formula is C13H17FN2O2. The van der Waals surface area contributed by atoms with Crippen LogP contribution < -0.4 is 10.6 Å². The number of rotatable bonds is 4. The predicted octanol–water partition coefficient (Wildman–Crippen LogP) is 0.820. The van der Waals surface area contributed by atoms with Crippen LogP contribution in [0.1, 0.15) is 12.0 Å². The average molecular weight is 252 g/mol. The highest BCUT2D eigenvalue weighted by Crippen LogP contribution is 2.06. The van der Waals surface area contributed by atoms with E-state index in [2.05, 4.69) is 10.6 Å². The Morgan fingerprint density at radius 3 is 3.06 bits per heavy atom. The lowest BCUT2D eigenvalue weighted by atomic mass is 10.2. The molecule has 0 aliphatic carbocycles. The van der Waals surface area contributed by atoms with Gasteiger partial charge in [0, 0.05) is 25.2 Å². The highest BCUT2D eigenvalue weighted by Gasteiger charge is 2.17. The normalized spacial score (nSPS) is 19.5. The lowest BCUT2D eigenvalue weighted by Gasteiger charge is -2.23. The summed E-state index contributed by atoms with van der Waals surface area (Å²) in [5.41, 5.74) is 0.494. The van der Waals surface area contributed by atoms with E-state index in [0.29, 0.717) is 25.1 Å². The molecule has 1 amide bonds. The molecule has 2 rings (SSSR count). The lowest BCUT2D eigenvalue weighted by molar-refractivity contribution is -0.124. The zero-order chi connectivity index (χ0) is 12.8. The molecule has 1 saturated heterocycles. The van der Waals surface area contributed by atoms with Gasteiger partial charge in [-0.2, -0.15) is 0 Å². The first-order valence-corrected chi connectivity index (χ1v) is 6.08. The molecule has 1 heterocycles. The minimum atomic E-state index is -0.298. The number of carbonyl (C=O) groups is 1. The molecule has 1 atom stereocenters. The molecule has 1 aliphatic heterocycles. The minimum absolute atomic E-state index is 0.0839. The van der Waals surface area contributed by atoms with Crippen molar-refractivity contribution in [3.8, 4) is 0 Å². The summed E-state index contributed by atoms with van der Waals surface area (Å²) in [5.74, 6) is -0.416. The topological polar surface area (TPSA) is 50.4 Å². The second-order valence-corrected chi connectivity index (χ2v) is 4.27. The number of ether oxygens (including phenoxy) is 1. The lowest BCUT2D eigenvalue weighted by Crippen LogP contribution is -2.41. The molecule has 0 radical (unpaired) electrons. The summed E-state index contributed by atoms with van der Waals surface area (Å²) in [7, 11) is 0. The number of hydrogen-bond donors (Lipinski definition) is 2. The highest BCUT2D eigenvalue weighted by atomic mass is 19.1. The third-order valence-corrected chi connectivity index (χ3v) is 2.85. The molecule has 0 saturated carbocycles. The van der Waals surface area contributed by atoms with Crippen LogP contribution in [0.3, 0.4) is 0 Å². The summed E-state index contributed by atoms with van der Waals surface area (Å²) in [6, 6.07) is 6.42. The van der Waals surface area contributed by atoms with Crippen LogP contribution in [0.15, 0.2) is 24.3 Å². The van der Waals surface area contributed by atoms with Gasteiger partial charge < -0.3 is 15.4 Å². The first kappa shape index (κ1) is 13.0. The monoisotopic (exact) mass is 252 g/mol. The molecule has 0 aromatic heterocycles. The molecule has 2 N–H and O–H groups in total. The second-order valence-electron chi connectivity index (χ2n) is 4.27. The maximum absolute atomic E-state index is 13.3. The standard InChI is InChI=1S/C13H17FN2O2/c14-12-4-2-1-3-10(12)8-16-13(17)7-11-9-15-5-6-18-11/h1-4,11,15H,5-9H2,(H,16,17). The molecule has 98 valence electrons. The van der Waals surface area contributed by atoms with Crippen LogP contribution in [0.5, 0.6) is 0 Å². The number of benzene rings is 1. The van der Waals surface area contributed by atoms with Crippen molar-refractivity contribution in [2.24, 2.45) is 0 Å². The van der Waals surface area contributed by atoms with Gasteiger partial charge in [-0.25, -0.2) is 4.39 Å². The van der Waals surface area contributed by atoms with Gasteiger partial charge in [0.25, 0.3) is 0 Å². The zero-order valence-electron chi connectivity index (χ0n) is 10.1. The van der Waals surface area contributed by atoms with Gasteiger partial charge in [0.15, 0.2) is 0 Å². The van der Waals surface area contributed by atoms with Crippen molar-refractivity contribution in [2.45, 2.75) is 19.1 Å². The third kappa shape index (κ3) is 3.78. The van der Waals surface area contributed by atoms with Crippen molar-refractivity contribution < 1.29 is 13.9 Å². The molecule has 0 spiro atoms. The zero-order valence-corrected chi connectivity index (χ0v) is 10.1. The van der Waals surface area contributed by atoms with Crippen molar-refractivity contribution in [1.82, 2.24) is 10.6 Å². The highest BCUT2D eigenvalue weighted by molar-refractivity contribution is 5.76. The van der Waals surface area contributed by atoms with Gasteiger partial charge in [-0.1, -0.05) is 18.2 Å². The Labute approximate surface area is 106 Å². The fraction of sp³-hybridized carbons (Fsp3) is 0.462. The molecular weight excluding hydrogens is 235 g/mol. The van der Waals surface area contributed by atoms with E-state index in [4.69, 9.17) is 4.74 Å². The number of hydrogen-bond acceptors (Lipinski definition) is 3. The number of morpholine rings is 1. The van der Waals surface area contributed by atoms with E-state index in [1.54, 1.807) is 18.2 Å². The Morgan fingerprint density at radius 1 is 1.50 bits per heavy atom. The summed E-state index contributed by atoms with van der Waals surface area (Å²) >= 11 is 0. The van der Waals surface area contributed by atoms with Gasteiger partial charge in [-0.3, -0.25) is 4.79 Å².